The van der Waals surface area contributed by atoms with E-state index >= 15 is 0 Å². The average Bonchev–Trinajstić information content (AvgIpc) is 2.46. The van der Waals surface area contributed by atoms with Crippen LogP contribution in [0.25, 0.3) is 0 Å². The highest BCUT2D eigenvalue weighted by Gasteiger charge is 2.16. The summed E-state index contributed by atoms with van der Waals surface area (Å²) < 4.78 is 28.2. The number of nitrogens with one attached hydrogen (secondary N) is 1. The maximum atomic E-state index is 12.3. The number of aryl methyl sites for hydroxylation is 1. The van der Waals surface area contributed by atoms with E-state index in [1.165, 1.54) is 5.56 Å². The van der Waals surface area contributed by atoms with Gasteiger partial charge in [0.2, 0.25) is 10.0 Å². The first-order chi connectivity index (χ1) is 10.4. The second-order valence-corrected chi connectivity index (χ2v) is 7.99. The Morgan fingerprint density at radius 2 is 1.77 bits per heavy atom. The molecule has 22 heavy (non-hydrogen) atoms. The summed E-state index contributed by atoms with van der Waals surface area (Å²) >= 11 is 3.36. The summed E-state index contributed by atoms with van der Waals surface area (Å²) in [6, 6.07) is 15.1. The molecule has 2 aromatic rings. The maximum absolute atomic E-state index is 12.3. The number of hydrogen-bond acceptors (Lipinski definition) is 2. The molecule has 0 saturated carbocycles. The molecule has 0 aliphatic carbocycles. The standard InChI is InChI=1S/C17H20BrNO2S/c1-3-14-7-9-16(10-8-14)13(2)19-22(20,21)12-15-5-4-6-17(18)11-15/h4-11,13,19H,3,12H2,1-2H3. The van der Waals surface area contributed by atoms with Crippen LogP contribution in [-0.4, -0.2) is 8.42 Å². The minimum Gasteiger partial charge on any atom is -0.212 e. The summed E-state index contributed by atoms with van der Waals surface area (Å²) in [5.74, 6) is -0.0240. The first-order valence-corrected chi connectivity index (χ1v) is 9.67. The smallest absolute Gasteiger partial charge is 0.212 e. The van der Waals surface area contributed by atoms with Crippen LogP contribution in [0.4, 0.5) is 0 Å². The lowest BCUT2D eigenvalue weighted by atomic mass is 10.1. The topological polar surface area (TPSA) is 46.2 Å². The Balaban J connectivity index is 2.07. The third-order valence-corrected chi connectivity index (χ3v) is 5.41. The molecule has 2 aromatic carbocycles. The molecule has 0 amide bonds. The Hall–Kier alpha value is -1.17. The van der Waals surface area contributed by atoms with E-state index in [-0.39, 0.29) is 11.8 Å². The van der Waals surface area contributed by atoms with Crippen molar-refractivity contribution in [2.24, 2.45) is 0 Å². The van der Waals surface area contributed by atoms with Crippen LogP contribution in [0.15, 0.2) is 53.0 Å². The third kappa shape index (κ3) is 4.93. The van der Waals surface area contributed by atoms with Gasteiger partial charge in [0.25, 0.3) is 0 Å². The quantitative estimate of drug-likeness (QED) is 0.814. The molecule has 5 heteroatoms. The lowest BCUT2D eigenvalue weighted by Gasteiger charge is -2.15. The van der Waals surface area contributed by atoms with Crippen molar-refractivity contribution < 1.29 is 8.42 Å². The fourth-order valence-corrected chi connectivity index (χ4v) is 4.09. The molecule has 0 saturated heterocycles. The molecule has 0 radical (unpaired) electrons. The van der Waals surface area contributed by atoms with Crippen molar-refractivity contribution in [1.29, 1.82) is 0 Å². The molecule has 0 bridgehead atoms. The normalized spacial score (nSPS) is 13.0. The fourth-order valence-electron chi connectivity index (χ4n) is 2.27. The third-order valence-electron chi connectivity index (χ3n) is 3.49. The van der Waals surface area contributed by atoms with E-state index in [1.54, 1.807) is 0 Å². The zero-order valence-corrected chi connectivity index (χ0v) is 15.1. The molecule has 1 N–H and O–H groups in total. The molecule has 1 unspecified atom stereocenters. The number of rotatable bonds is 6. The lowest BCUT2D eigenvalue weighted by molar-refractivity contribution is 0.566. The van der Waals surface area contributed by atoms with E-state index in [4.69, 9.17) is 0 Å². The molecule has 2 rings (SSSR count). The van der Waals surface area contributed by atoms with Crippen LogP contribution < -0.4 is 4.72 Å². The highest BCUT2D eigenvalue weighted by Crippen LogP contribution is 2.17. The second kappa shape index (κ2) is 7.40. The minimum absolute atomic E-state index is 0.0240. The van der Waals surface area contributed by atoms with Crippen molar-refractivity contribution in [3.8, 4) is 0 Å². The Morgan fingerprint density at radius 3 is 2.36 bits per heavy atom. The van der Waals surface area contributed by atoms with Gasteiger partial charge in [-0.25, -0.2) is 13.1 Å². The van der Waals surface area contributed by atoms with Gasteiger partial charge in [0, 0.05) is 10.5 Å². The summed E-state index contributed by atoms with van der Waals surface area (Å²) in [6.07, 6.45) is 0.975. The van der Waals surface area contributed by atoms with Gasteiger partial charge in [-0.3, -0.25) is 0 Å². The van der Waals surface area contributed by atoms with Crippen LogP contribution >= 0.6 is 15.9 Å². The molecule has 3 nitrogen and oxygen atoms in total. The van der Waals surface area contributed by atoms with Gasteiger partial charge in [0.1, 0.15) is 0 Å². The van der Waals surface area contributed by atoms with Crippen molar-refractivity contribution in [2.75, 3.05) is 0 Å². The largest absolute Gasteiger partial charge is 0.216 e. The van der Waals surface area contributed by atoms with Gasteiger partial charge >= 0.3 is 0 Å². The van der Waals surface area contributed by atoms with Gasteiger partial charge in [-0.1, -0.05) is 59.3 Å². The van der Waals surface area contributed by atoms with Crippen molar-refractivity contribution in [2.45, 2.75) is 32.1 Å². The fraction of sp³-hybridized carbons (Fsp3) is 0.294. The molecule has 0 aliphatic heterocycles. The van der Waals surface area contributed by atoms with Crippen LogP contribution in [0.3, 0.4) is 0 Å². The summed E-state index contributed by atoms with van der Waals surface area (Å²) in [7, 11) is -3.39. The highest BCUT2D eigenvalue weighted by atomic mass is 79.9. The number of halogens is 1. The van der Waals surface area contributed by atoms with Gasteiger partial charge in [0.15, 0.2) is 0 Å². The predicted molar refractivity (Wildman–Crippen MR) is 94.1 cm³/mol. The molecular weight excluding hydrogens is 362 g/mol. The van der Waals surface area contributed by atoms with Crippen molar-refractivity contribution in [3.05, 3.63) is 69.7 Å². The Kier molecular flexibility index (Phi) is 5.78. The number of hydrogen-bond donors (Lipinski definition) is 1. The second-order valence-electron chi connectivity index (χ2n) is 5.32. The first-order valence-electron chi connectivity index (χ1n) is 7.23. The molecule has 0 fully saturated rings. The Morgan fingerprint density at radius 1 is 1.09 bits per heavy atom. The van der Waals surface area contributed by atoms with E-state index in [0.29, 0.717) is 0 Å². The van der Waals surface area contributed by atoms with Crippen molar-refractivity contribution in [1.82, 2.24) is 4.72 Å². The zero-order valence-electron chi connectivity index (χ0n) is 12.7. The van der Waals surface area contributed by atoms with E-state index < -0.39 is 10.0 Å². The Labute approximate surface area is 140 Å². The summed E-state index contributed by atoms with van der Waals surface area (Å²) in [6.45, 7) is 3.96. The van der Waals surface area contributed by atoms with E-state index in [2.05, 4.69) is 27.6 Å². The molecule has 0 aromatic heterocycles. The predicted octanol–water partition coefficient (Wildman–Crippen LogP) is 4.19. The summed E-state index contributed by atoms with van der Waals surface area (Å²) in [4.78, 5) is 0. The molecule has 0 heterocycles. The van der Waals surface area contributed by atoms with Crippen LogP contribution in [0.1, 0.15) is 36.6 Å². The van der Waals surface area contributed by atoms with E-state index in [0.717, 1.165) is 22.0 Å². The maximum Gasteiger partial charge on any atom is 0.216 e. The van der Waals surface area contributed by atoms with E-state index in [9.17, 15) is 8.42 Å². The van der Waals surface area contributed by atoms with Crippen LogP contribution in [-0.2, 0) is 22.2 Å². The van der Waals surface area contributed by atoms with Gasteiger partial charge in [-0.15, -0.1) is 0 Å². The zero-order chi connectivity index (χ0) is 16.2. The van der Waals surface area contributed by atoms with E-state index in [1.807, 2.05) is 55.5 Å². The molecule has 0 aliphatic rings. The number of benzene rings is 2. The van der Waals surface area contributed by atoms with Crippen LogP contribution in [0, 0.1) is 0 Å². The molecule has 118 valence electrons. The van der Waals surface area contributed by atoms with Gasteiger partial charge in [-0.05, 0) is 42.2 Å². The van der Waals surface area contributed by atoms with Crippen molar-refractivity contribution >= 4 is 26.0 Å². The van der Waals surface area contributed by atoms with Crippen LogP contribution in [0.5, 0.6) is 0 Å². The van der Waals surface area contributed by atoms with Gasteiger partial charge in [0.05, 0.1) is 5.75 Å². The average molecular weight is 382 g/mol. The summed E-state index contributed by atoms with van der Waals surface area (Å²) in [5, 5.41) is 0. The lowest BCUT2D eigenvalue weighted by Crippen LogP contribution is -2.28. The molecular formula is C17H20BrNO2S. The highest BCUT2D eigenvalue weighted by molar-refractivity contribution is 9.10. The summed E-state index contributed by atoms with van der Waals surface area (Å²) in [5.41, 5.74) is 2.97. The Bertz CT molecular complexity index is 727. The monoisotopic (exact) mass is 381 g/mol. The number of sulfonamides is 1. The van der Waals surface area contributed by atoms with Crippen LogP contribution in [0.2, 0.25) is 0 Å². The van der Waals surface area contributed by atoms with Gasteiger partial charge in [-0.2, -0.15) is 0 Å². The molecule has 0 spiro atoms. The molecule has 1 atom stereocenters. The SMILES string of the molecule is CCc1ccc(C(C)NS(=O)(=O)Cc2cccc(Br)c2)cc1. The van der Waals surface area contributed by atoms with Gasteiger partial charge < -0.3 is 0 Å². The first kappa shape index (κ1) is 17.2. The van der Waals surface area contributed by atoms with Crippen molar-refractivity contribution in [3.63, 3.8) is 0 Å². The minimum atomic E-state index is -3.39.